The van der Waals surface area contributed by atoms with Gasteiger partial charge in [-0.2, -0.15) is 0 Å². The molecule has 2 spiro atoms. The highest BCUT2D eigenvalue weighted by Gasteiger charge is 2.72. The molecule has 0 unspecified atom stereocenters. The van der Waals surface area contributed by atoms with E-state index in [1.165, 1.54) is 6.20 Å². The molecule has 3 atom stereocenters. The van der Waals surface area contributed by atoms with Crippen LogP contribution in [0.5, 0.6) is 0 Å². The van der Waals surface area contributed by atoms with Crippen LogP contribution in [0.4, 0.5) is 10.1 Å². The topological polar surface area (TPSA) is 79.4 Å². The minimum Gasteiger partial charge on any atom is -0.349 e. The molecule has 236 valence electrons. The van der Waals surface area contributed by atoms with Gasteiger partial charge in [-0.3, -0.25) is 14.4 Å². The second-order valence-corrected chi connectivity index (χ2v) is 15.6. The number of rotatable bonds is 5. The molecule has 2 aromatic rings. The van der Waals surface area contributed by atoms with E-state index in [1.54, 1.807) is 37.2 Å². The number of nitrogens with zero attached hydrogens (tertiary/aromatic N) is 2. The Morgan fingerprint density at radius 3 is 2.39 bits per heavy atom. The van der Waals surface area contributed by atoms with Gasteiger partial charge in [-0.05, 0) is 104 Å². The third kappa shape index (κ3) is 4.97. The van der Waals surface area contributed by atoms with Gasteiger partial charge >= 0.3 is 0 Å². The van der Waals surface area contributed by atoms with Crippen molar-refractivity contribution < 1.29 is 18.8 Å². The molecule has 1 N–H and O–H groups in total. The number of nitrogens with one attached hydrogen (secondary N) is 1. The molecule has 6 nitrogen and oxygen atoms in total. The number of amides is 2. The molecular formula is C35H42Cl2FN3O3. The van der Waals surface area contributed by atoms with E-state index in [2.05, 4.69) is 24.1 Å². The van der Waals surface area contributed by atoms with Gasteiger partial charge < -0.3 is 10.2 Å². The second kappa shape index (κ2) is 11.4. The molecule has 2 heterocycles. The summed E-state index contributed by atoms with van der Waals surface area (Å²) in [5, 5.41) is 3.37. The van der Waals surface area contributed by atoms with E-state index in [0.29, 0.717) is 23.6 Å². The van der Waals surface area contributed by atoms with Gasteiger partial charge in [0.15, 0.2) is 11.0 Å². The van der Waals surface area contributed by atoms with Crippen molar-refractivity contribution in [3.63, 3.8) is 0 Å². The summed E-state index contributed by atoms with van der Waals surface area (Å²) in [6.45, 7) is 4.51. The van der Waals surface area contributed by atoms with Crippen LogP contribution in [-0.4, -0.2) is 41.6 Å². The van der Waals surface area contributed by atoms with Crippen LogP contribution in [0.25, 0.3) is 0 Å². The molecule has 3 saturated carbocycles. The van der Waals surface area contributed by atoms with E-state index in [9.17, 15) is 14.4 Å². The number of halogens is 3. The highest BCUT2D eigenvalue weighted by Crippen LogP contribution is 2.72. The molecule has 6 rings (SSSR count). The number of Topliss-reactive ketones (excluding diaryl/α,β-unsaturated/α-hetero) is 1. The molecule has 9 heteroatoms. The van der Waals surface area contributed by atoms with Crippen molar-refractivity contribution >= 4 is 46.5 Å². The van der Waals surface area contributed by atoms with Crippen molar-refractivity contribution in [3.8, 4) is 0 Å². The predicted octanol–water partition coefficient (Wildman–Crippen LogP) is 7.96. The number of hydrogen-bond acceptors (Lipinski definition) is 4. The van der Waals surface area contributed by atoms with Crippen LogP contribution >= 0.6 is 23.2 Å². The zero-order chi connectivity index (χ0) is 31.6. The Balaban J connectivity index is 1.44. The number of carbonyl (C=O) groups excluding carboxylic acids is 3. The quantitative estimate of drug-likeness (QED) is 0.336. The zero-order valence-corrected chi connectivity index (χ0v) is 27.5. The summed E-state index contributed by atoms with van der Waals surface area (Å²) in [6, 6.07) is 7.07. The average Bonchev–Trinajstić information content (AvgIpc) is 3.44. The lowest BCUT2D eigenvalue weighted by Crippen LogP contribution is -2.52. The van der Waals surface area contributed by atoms with Gasteiger partial charge in [-0.15, -0.1) is 0 Å². The molecule has 44 heavy (non-hydrogen) atoms. The molecule has 1 aromatic heterocycles. The summed E-state index contributed by atoms with van der Waals surface area (Å²) in [7, 11) is 3.57. The smallest absolute Gasteiger partial charge is 0.236 e. The van der Waals surface area contributed by atoms with E-state index in [1.807, 2.05) is 6.07 Å². The van der Waals surface area contributed by atoms with Gasteiger partial charge in [0.05, 0.1) is 5.41 Å². The molecule has 0 bridgehead atoms. The van der Waals surface area contributed by atoms with Crippen molar-refractivity contribution in [2.24, 2.45) is 28.6 Å². The number of ketones is 1. The lowest BCUT2D eigenvalue weighted by Gasteiger charge is -2.51. The van der Waals surface area contributed by atoms with Gasteiger partial charge in [0, 0.05) is 55.2 Å². The Hall–Kier alpha value is -2.51. The first kappa shape index (κ1) is 31.5. The Bertz CT molecular complexity index is 1490. The van der Waals surface area contributed by atoms with Crippen molar-refractivity contribution in [2.45, 2.75) is 89.4 Å². The van der Waals surface area contributed by atoms with E-state index in [-0.39, 0.29) is 45.6 Å². The molecule has 0 radical (unpaired) electrons. The molecular weight excluding hydrogens is 600 g/mol. The van der Waals surface area contributed by atoms with Gasteiger partial charge in [0.2, 0.25) is 11.8 Å². The summed E-state index contributed by atoms with van der Waals surface area (Å²) in [4.78, 5) is 47.4. The number of benzene rings is 1. The largest absolute Gasteiger partial charge is 0.349 e. The fourth-order valence-electron chi connectivity index (χ4n) is 9.31. The van der Waals surface area contributed by atoms with Crippen LogP contribution in [0.2, 0.25) is 10.2 Å². The predicted molar refractivity (Wildman–Crippen MR) is 170 cm³/mol. The minimum absolute atomic E-state index is 0.00807. The van der Waals surface area contributed by atoms with E-state index >= 15 is 4.39 Å². The monoisotopic (exact) mass is 641 g/mol. The Labute approximate surface area is 269 Å². The lowest BCUT2D eigenvalue weighted by molar-refractivity contribution is -0.134. The molecule has 1 aromatic carbocycles. The molecule has 2 amide bonds. The first-order valence-corrected chi connectivity index (χ1v) is 16.7. The number of pyridine rings is 1. The maximum atomic E-state index is 16.1. The van der Waals surface area contributed by atoms with Crippen LogP contribution in [0, 0.1) is 34.4 Å². The summed E-state index contributed by atoms with van der Waals surface area (Å²) in [5.41, 5.74) is 0.106. The first-order chi connectivity index (χ1) is 20.8. The summed E-state index contributed by atoms with van der Waals surface area (Å²) in [5.74, 6) is -1.81. The highest BCUT2D eigenvalue weighted by atomic mass is 35.5. The molecule has 3 aliphatic carbocycles. The van der Waals surface area contributed by atoms with Crippen LogP contribution < -0.4 is 5.32 Å². The van der Waals surface area contributed by atoms with Crippen LogP contribution in [-0.2, 0) is 19.8 Å². The summed E-state index contributed by atoms with van der Waals surface area (Å²) >= 11 is 12.7. The third-order valence-corrected chi connectivity index (χ3v) is 12.1. The third-order valence-electron chi connectivity index (χ3n) is 11.6. The Kier molecular flexibility index (Phi) is 8.14. The molecule has 3 fully saturated rings. The van der Waals surface area contributed by atoms with Crippen molar-refractivity contribution in [1.82, 2.24) is 9.88 Å². The van der Waals surface area contributed by atoms with Gasteiger partial charge in [0.1, 0.15) is 5.78 Å². The number of carbonyl (C=O) groups is 3. The zero-order valence-electron chi connectivity index (χ0n) is 26.0. The normalized spacial score (nSPS) is 30.3. The van der Waals surface area contributed by atoms with Crippen LogP contribution in [0.3, 0.4) is 0 Å². The van der Waals surface area contributed by atoms with Crippen molar-refractivity contribution in [3.05, 3.63) is 57.6 Å². The number of aromatic nitrogens is 1. The minimum atomic E-state index is -1.16. The summed E-state index contributed by atoms with van der Waals surface area (Å²) < 4.78 is 16.1. The highest BCUT2D eigenvalue weighted by molar-refractivity contribution is 6.31. The average molecular weight is 643 g/mol. The number of hydrogen-bond donors (Lipinski definition) is 1. The molecule has 4 aliphatic rings. The fraction of sp³-hybridized carbons (Fsp3) is 0.600. The SMILES string of the molecule is CN(C)C(=O)C1CCC(CC(=O)[C@@H]2CC3(CCC(C)(C)CC3)[C@@]3(C(=O)Nc4cc(Cl)ccc43)[C@H]2c2ccnc(Cl)c2F)CC1. The second-order valence-electron chi connectivity index (χ2n) is 14.8. The number of anilines is 1. The van der Waals surface area contributed by atoms with Gasteiger partial charge in [-0.25, -0.2) is 9.37 Å². The van der Waals surface area contributed by atoms with E-state index in [4.69, 9.17) is 23.2 Å². The van der Waals surface area contributed by atoms with Crippen molar-refractivity contribution in [1.29, 1.82) is 0 Å². The summed E-state index contributed by atoms with van der Waals surface area (Å²) in [6.07, 6.45) is 8.79. The molecule has 0 saturated heterocycles. The van der Waals surface area contributed by atoms with Crippen LogP contribution in [0.1, 0.15) is 95.1 Å². The Morgan fingerprint density at radius 1 is 1.05 bits per heavy atom. The first-order valence-electron chi connectivity index (χ1n) is 15.9. The Morgan fingerprint density at radius 2 is 1.73 bits per heavy atom. The van der Waals surface area contributed by atoms with Gasteiger partial charge in [-0.1, -0.05) is 43.1 Å². The van der Waals surface area contributed by atoms with Gasteiger partial charge in [0.25, 0.3) is 0 Å². The maximum Gasteiger partial charge on any atom is 0.236 e. The molecule has 1 aliphatic heterocycles. The lowest BCUT2D eigenvalue weighted by atomic mass is 9.51. The van der Waals surface area contributed by atoms with E-state index in [0.717, 1.165) is 56.9 Å². The maximum absolute atomic E-state index is 16.1. The fourth-order valence-corrected chi connectivity index (χ4v) is 9.65. The van der Waals surface area contributed by atoms with E-state index < -0.39 is 28.5 Å². The van der Waals surface area contributed by atoms with Crippen LogP contribution in [0.15, 0.2) is 30.5 Å². The van der Waals surface area contributed by atoms with Crippen molar-refractivity contribution in [2.75, 3.05) is 19.4 Å². The standard InChI is InChI=1S/C35H42Cl2FN3O3/c1-33(2)12-14-34(15-13-33)19-24(27(42)17-20-5-7-21(8-6-20)31(43)41(3)4)28(23-11-16-39-30(37)29(23)38)35(34)25-10-9-22(36)18-26(25)40-32(35)44/h9-11,16,18,20-21,24,28H,5-8,12-15,17,19H2,1-4H3,(H,40,44)/t20?,21?,24-,28-,35+/m0/s1. The number of fused-ring (bicyclic) bond motifs is 3.